The summed E-state index contributed by atoms with van der Waals surface area (Å²) in [6.07, 6.45) is 7.51. The van der Waals surface area contributed by atoms with E-state index in [9.17, 15) is 9.59 Å². The maximum atomic E-state index is 11.5. The van der Waals surface area contributed by atoms with E-state index in [1.165, 1.54) is 12.2 Å². The highest BCUT2D eigenvalue weighted by molar-refractivity contribution is 5.97. The van der Waals surface area contributed by atoms with Crippen molar-refractivity contribution in [2.24, 2.45) is 0 Å². The molecule has 1 amide bonds. The van der Waals surface area contributed by atoms with Crippen LogP contribution in [-0.4, -0.2) is 30.3 Å². The zero-order chi connectivity index (χ0) is 15.4. The molecule has 0 saturated heterocycles. The number of unbranched alkanes of at least 4 members (excludes halogenated alkanes) is 3. The molecule has 0 rings (SSSR count). The largest absolute Gasteiger partial charge is 0.350 e. The zero-order valence-electron chi connectivity index (χ0n) is 13.4. The van der Waals surface area contributed by atoms with E-state index in [2.05, 4.69) is 24.5 Å². The maximum absolute atomic E-state index is 11.5. The molecular formula is C16H34N2O2. The van der Waals surface area contributed by atoms with Gasteiger partial charge in [-0.3, -0.25) is 9.59 Å². The van der Waals surface area contributed by atoms with Crippen LogP contribution in [0.4, 0.5) is 0 Å². The van der Waals surface area contributed by atoms with Crippen LogP contribution < -0.4 is 10.6 Å². The lowest BCUT2D eigenvalue weighted by molar-refractivity contribution is -0.118. The molecule has 0 heterocycles. The second-order valence-corrected chi connectivity index (χ2v) is 5.74. The van der Waals surface area contributed by atoms with Crippen molar-refractivity contribution in [1.82, 2.24) is 10.6 Å². The number of hydrogen-bond acceptors (Lipinski definition) is 3. The average Bonchev–Trinajstić information content (AvgIpc) is 2.34. The monoisotopic (exact) mass is 286 g/mol. The van der Waals surface area contributed by atoms with Crippen molar-refractivity contribution in [3.8, 4) is 0 Å². The lowest BCUT2D eigenvalue weighted by atomic mass is 10.1. The van der Waals surface area contributed by atoms with Gasteiger partial charge in [-0.2, -0.15) is 0 Å². The topological polar surface area (TPSA) is 58.2 Å². The Hall–Kier alpha value is -1.16. The molecule has 0 bridgehead atoms. The third kappa shape index (κ3) is 13.3. The van der Waals surface area contributed by atoms with E-state index in [0.29, 0.717) is 12.5 Å². The molecule has 2 N–H and O–H groups in total. The van der Waals surface area contributed by atoms with Gasteiger partial charge in [-0.25, -0.2) is 0 Å². The summed E-state index contributed by atoms with van der Waals surface area (Å²) in [6.45, 7) is 9.10. The van der Waals surface area contributed by atoms with Gasteiger partial charge in [-0.05, 0) is 39.3 Å². The van der Waals surface area contributed by atoms with E-state index in [1.807, 2.05) is 13.8 Å². The Labute approximate surface area is 126 Å². The predicted molar refractivity (Wildman–Crippen MR) is 87.9 cm³/mol. The van der Waals surface area contributed by atoms with Gasteiger partial charge in [0.25, 0.3) is 0 Å². The fourth-order valence-corrected chi connectivity index (χ4v) is 1.75. The molecular weight excluding hydrogens is 252 g/mol. The minimum Gasteiger partial charge on any atom is -0.350 e. The molecule has 0 atom stereocenters. The van der Waals surface area contributed by atoms with Crippen molar-refractivity contribution in [1.29, 1.82) is 0 Å². The third-order valence-electron chi connectivity index (χ3n) is 2.75. The Balaban J connectivity index is -0.00000180. The molecule has 120 valence electrons. The fraction of sp³-hybridized carbons (Fsp3) is 0.750. The quantitative estimate of drug-likeness (QED) is 0.453. The first-order valence-corrected chi connectivity index (χ1v) is 7.66. The summed E-state index contributed by atoms with van der Waals surface area (Å²) in [5.41, 5.74) is 0. The number of carbonyl (C=O) groups excluding carboxylic acids is 2. The second-order valence-electron chi connectivity index (χ2n) is 5.74. The summed E-state index contributed by atoms with van der Waals surface area (Å²) >= 11 is 0. The van der Waals surface area contributed by atoms with E-state index >= 15 is 0 Å². The standard InChI is InChI=1S/C16H30N2O2.2H2/c1-13(2)17-12-8-6-5-7-9-15(19)10-11-16(20)18-14(3)4;;/h10-11,13-14,17H,5-9,12H2,1-4H3,(H,18,20);2*1H/b11-10+;;. The van der Waals surface area contributed by atoms with Crippen LogP contribution in [0.2, 0.25) is 0 Å². The van der Waals surface area contributed by atoms with E-state index < -0.39 is 0 Å². The van der Waals surface area contributed by atoms with Crippen LogP contribution in [-0.2, 0) is 9.59 Å². The number of rotatable bonds is 11. The van der Waals surface area contributed by atoms with Crippen LogP contribution in [0.15, 0.2) is 12.2 Å². The van der Waals surface area contributed by atoms with Crippen LogP contribution in [0.25, 0.3) is 0 Å². The molecule has 0 aliphatic carbocycles. The van der Waals surface area contributed by atoms with Crippen molar-refractivity contribution >= 4 is 11.7 Å². The zero-order valence-corrected chi connectivity index (χ0v) is 13.4. The van der Waals surface area contributed by atoms with Gasteiger partial charge in [0.05, 0.1) is 0 Å². The summed E-state index contributed by atoms with van der Waals surface area (Å²) in [6, 6.07) is 0.639. The van der Waals surface area contributed by atoms with Gasteiger partial charge in [0.2, 0.25) is 5.91 Å². The molecule has 4 heteroatoms. The van der Waals surface area contributed by atoms with Crippen molar-refractivity contribution in [3.63, 3.8) is 0 Å². The molecule has 0 aliphatic heterocycles. The van der Waals surface area contributed by atoms with Crippen LogP contribution in [0.3, 0.4) is 0 Å². The first-order chi connectivity index (χ1) is 9.41. The first kappa shape index (κ1) is 18.8. The van der Waals surface area contributed by atoms with Gasteiger partial charge in [0, 0.05) is 27.4 Å². The van der Waals surface area contributed by atoms with Crippen molar-refractivity contribution < 1.29 is 12.4 Å². The summed E-state index contributed by atoms with van der Waals surface area (Å²) in [5, 5.41) is 6.08. The molecule has 0 aromatic rings. The Kier molecular flexibility index (Phi) is 11.0. The normalized spacial score (nSPS) is 11.5. The second kappa shape index (κ2) is 11.6. The molecule has 4 nitrogen and oxygen atoms in total. The predicted octanol–water partition coefficient (Wildman–Crippen LogP) is 3.08. The Morgan fingerprint density at radius 2 is 1.60 bits per heavy atom. The highest BCUT2D eigenvalue weighted by Gasteiger charge is 2.01. The van der Waals surface area contributed by atoms with Crippen LogP contribution >= 0.6 is 0 Å². The highest BCUT2D eigenvalue weighted by Crippen LogP contribution is 2.03. The van der Waals surface area contributed by atoms with Crippen molar-refractivity contribution in [2.75, 3.05) is 6.54 Å². The molecule has 0 aliphatic rings. The Morgan fingerprint density at radius 1 is 0.950 bits per heavy atom. The number of carbonyl (C=O) groups is 2. The molecule has 0 aromatic heterocycles. The SMILES string of the molecule is CC(C)NCCCCCCC(=O)/C=C/C(=O)NC(C)C.[HH].[HH]. The van der Waals surface area contributed by atoms with E-state index in [0.717, 1.165) is 32.2 Å². The Bertz CT molecular complexity index is 319. The van der Waals surface area contributed by atoms with Crippen molar-refractivity contribution in [2.45, 2.75) is 71.9 Å². The first-order valence-electron chi connectivity index (χ1n) is 7.66. The molecule has 0 radical (unpaired) electrons. The summed E-state index contributed by atoms with van der Waals surface area (Å²) in [4.78, 5) is 22.8. The summed E-state index contributed by atoms with van der Waals surface area (Å²) < 4.78 is 0. The maximum Gasteiger partial charge on any atom is 0.244 e. The average molecular weight is 286 g/mol. The molecule has 0 unspecified atom stereocenters. The number of ketones is 1. The lowest BCUT2D eigenvalue weighted by Gasteiger charge is -2.07. The lowest BCUT2D eigenvalue weighted by Crippen LogP contribution is -2.28. The molecule has 0 spiro atoms. The van der Waals surface area contributed by atoms with Gasteiger partial charge in [-0.1, -0.05) is 26.7 Å². The number of allylic oxidation sites excluding steroid dienone is 1. The minimum atomic E-state index is -0.201. The van der Waals surface area contributed by atoms with Gasteiger partial charge in [0.15, 0.2) is 5.78 Å². The van der Waals surface area contributed by atoms with Crippen LogP contribution in [0, 0.1) is 0 Å². The van der Waals surface area contributed by atoms with E-state index in [1.54, 1.807) is 0 Å². The highest BCUT2D eigenvalue weighted by atomic mass is 16.1. The summed E-state index contributed by atoms with van der Waals surface area (Å²) in [5.74, 6) is -0.169. The van der Waals surface area contributed by atoms with Crippen LogP contribution in [0.5, 0.6) is 0 Å². The number of hydrogen-bond donors (Lipinski definition) is 2. The van der Waals surface area contributed by atoms with Gasteiger partial charge >= 0.3 is 0 Å². The fourth-order valence-electron chi connectivity index (χ4n) is 1.75. The van der Waals surface area contributed by atoms with Crippen molar-refractivity contribution in [3.05, 3.63) is 12.2 Å². The summed E-state index contributed by atoms with van der Waals surface area (Å²) in [7, 11) is 0. The minimum absolute atomic E-state index is 0. The van der Waals surface area contributed by atoms with Crippen LogP contribution in [0.1, 0.15) is 62.7 Å². The van der Waals surface area contributed by atoms with E-state index in [-0.39, 0.29) is 20.6 Å². The number of nitrogens with one attached hydrogen (secondary N) is 2. The number of amides is 1. The van der Waals surface area contributed by atoms with Gasteiger partial charge < -0.3 is 10.6 Å². The smallest absolute Gasteiger partial charge is 0.244 e. The van der Waals surface area contributed by atoms with E-state index in [4.69, 9.17) is 0 Å². The molecule has 0 saturated carbocycles. The molecule has 20 heavy (non-hydrogen) atoms. The molecule has 0 aromatic carbocycles. The Morgan fingerprint density at radius 3 is 2.20 bits per heavy atom. The van der Waals surface area contributed by atoms with Gasteiger partial charge in [-0.15, -0.1) is 0 Å². The van der Waals surface area contributed by atoms with Gasteiger partial charge in [0.1, 0.15) is 0 Å². The third-order valence-corrected chi connectivity index (χ3v) is 2.75. The molecule has 0 fully saturated rings.